The summed E-state index contributed by atoms with van der Waals surface area (Å²) in [4.78, 5) is 22.4. The fourth-order valence-electron chi connectivity index (χ4n) is 2.67. The Hall–Kier alpha value is -2.22. The Morgan fingerprint density at radius 2 is 1.67 bits per heavy atom. The molecule has 0 heterocycles. The van der Waals surface area contributed by atoms with Gasteiger partial charge >= 0.3 is 5.97 Å². The van der Waals surface area contributed by atoms with Crippen LogP contribution in [0.4, 0.5) is 0 Å². The smallest absolute Gasteiger partial charge is 0.292 e. The molecule has 1 atom stereocenters. The molecule has 2 rings (SSSR count). The summed E-state index contributed by atoms with van der Waals surface area (Å²) in [6, 6.07) is 13.5. The van der Waals surface area contributed by atoms with E-state index in [-0.39, 0.29) is 17.9 Å². The van der Waals surface area contributed by atoms with E-state index in [9.17, 15) is 13.2 Å². The maximum atomic E-state index is 12.5. The lowest BCUT2D eigenvalue weighted by Crippen LogP contribution is -2.22. The average molecular weight is 435 g/mol. The topological polar surface area (TPSA) is 78.9 Å². The second-order valence-electron chi connectivity index (χ2n) is 8.13. The minimum Gasteiger partial charge on any atom is -0.292 e. The monoisotopic (exact) mass is 434 g/mol. The molecule has 2 aromatic rings. The first-order valence-corrected chi connectivity index (χ1v) is 11.4. The van der Waals surface area contributed by atoms with Crippen molar-refractivity contribution in [2.45, 2.75) is 63.9 Å². The van der Waals surface area contributed by atoms with Gasteiger partial charge in [0.25, 0.3) is 10.1 Å². The summed E-state index contributed by atoms with van der Waals surface area (Å²) in [6.07, 6.45) is 1.20. The zero-order valence-corrected chi connectivity index (χ0v) is 19.0. The predicted molar refractivity (Wildman–Crippen MR) is 115 cm³/mol. The normalized spacial score (nSPS) is 13.1. The van der Waals surface area contributed by atoms with Gasteiger partial charge < -0.3 is 0 Å². The Labute approximate surface area is 179 Å². The standard InChI is InChI=1S/C23H30O6S/c1-6-17(2)18-11-13-20(14-12-18)30(25,26)27-16-15-19-9-7-8-10-21(19)22(24)28-29-23(3,4)5/h7-14,17H,6,15-16H2,1-5H3. The van der Waals surface area contributed by atoms with E-state index in [0.29, 0.717) is 17.0 Å². The molecule has 0 saturated heterocycles. The fourth-order valence-corrected chi connectivity index (χ4v) is 3.58. The van der Waals surface area contributed by atoms with Crippen molar-refractivity contribution in [3.8, 4) is 0 Å². The lowest BCUT2D eigenvalue weighted by molar-refractivity contribution is -0.301. The molecule has 2 aromatic carbocycles. The molecule has 0 fully saturated rings. The highest BCUT2D eigenvalue weighted by Crippen LogP contribution is 2.22. The van der Waals surface area contributed by atoms with Crippen LogP contribution in [0.15, 0.2) is 53.4 Å². The van der Waals surface area contributed by atoms with Gasteiger partial charge in [-0.25, -0.2) is 4.79 Å². The lowest BCUT2D eigenvalue weighted by atomic mass is 9.99. The quantitative estimate of drug-likeness (QED) is 0.313. The van der Waals surface area contributed by atoms with E-state index in [2.05, 4.69) is 13.8 Å². The van der Waals surface area contributed by atoms with Crippen molar-refractivity contribution in [2.24, 2.45) is 0 Å². The Morgan fingerprint density at radius 3 is 2.27 bits per heavy atom. The van der Waals surface area contributed by atoms with Crippen LogP contribution in [0.2, 0.25) is 0 Å². The molecule has 0 amide bonds. The summed E-state index contributed by atoms with van der Waals surface area (Å²) in [5.41, 5.74) is 1.37. The van der Waals surface area contributed by atoms with E-state index < -0.39 is 21.7 Å². The highest BCUT2D eigenvalue weighted by Gasteiger charge is 2.20. The number of rotatable bonds is 9. The maximum absolute atomic E-state index is 12.5. The van der Waals surface area contributed by atoms with Gasteiger partial charge in [0.05, 0.1) is 17.1 Å². The molecule has 0 bridgehead atoms. The van der Waals surface area contributed by atoms with E-state index in [1.807, 2.05) is 12.1 Å². The Kier molecular flexibility index (Phi) is 8.18. The molecule has 0 aliphatic rings. The van der Waals surface area contributed by atoms with Gasteiger partial charge in [-0.1, -0.05) is 44.2 Å². The van der Waals surface area contributed by atoms with Crippen LogP contribution >= 0.6 is 0 Å². The molecular formula is C23H30O6S. The summed E-state index contributed by atoms with van der Waals surface area (Å²) >= 11 is 0. The number of hydrogen-bond donors (Lipinski definition) is 0. The largest absolute Gasteiger partial charge is 0.373 e. The van der Waals surface area contributed by atoms with Crippen LogP contribution in [0.25, 0.3) is 0 Å². The summed E-state index contributed by atoms with van der Waals surface area (Å²) in [6.45, 7) is 9.37. The third-order valence-corrected chi connectivity index (χ3v) is 5.89. The van der Waals surface area contributed by atoms with Crippen LogP contribution in [0.3, 0.4) is 0 Å². The van der Waals surface area contributed by atoms with Gasteiger partial charge in [-0.3, -0.25) is 9.07 Å². The van der Waals surface area contributed by atoms with Crippen LogP contribution in [0.5, 0.6) is 0 Å². The van der Waals surface area contributed by atoms with Gasteiger partial charge in [0.1, 0.15) is 5.60 Å². The molecule has 0 aliphatic carbocycles. The van der Waals surface area contributed by atoms with Gasteiger partial charge in [-0.15, -0.1) is 0 Å². The first-order chi connectivity index (χ1) is 14.0. The van der Waals surface area contributed by atoms with Crippen molar-refractivity contribution in [3.05, 3.63) is 65.2 Å². The molecule has 0 aromatic heterocycles. The second-order valence-corrected chi connectivity index (χ2v) is 9.74. The van der Waals surface area contributed by atoms with Crippen molar-refractivity contribution in [3.63, 3.8) is 0 Å². The zero-order chi connectivity index (χ0) is 22.4. The van der Waals surface area contributed by atoms with Crippen LogP contribution in [-0.4, -0.2) is 26.6 Å². The Balaban J connectivity index is 2.01. The fraction of sp³-hybridized carbons (Fsp3) is 0.435. The molecular weight excluding hydrogens is 404 g/mol. The van der Waals surface area contributed by atoms with Crippen LogP contribution in [0.1, 0.15) is 68.4 Å². The van der Waals surface area contributed by atoms with E-state index in [1.54, 1.807) is 57.2 Å². The highest BCUT2D eigenvalue weighted by atomic mass is 32.2. The van der Waals surface area contributed by atoms with Crippen LogP contribution in [-0.2, 0) is 30.5 Å². The molecule has 30 heavy (non-hydrogen) atoms. The molecule has 0 aliphatic heterocycles. The van der Waals surface area contributed by atoms with Crippen LogP contribution in [0, 0.1) is 0 Å². The van der Waals surface area contributed by atoms with E-state index >= 15 is 0 Å². The first-order valence-electron chi connectivity index (χ1n) is 10.0. The summed E-state index contributed by atoms with van der Waals surface area (Å²) in [5, 5.41) is 0. The summed E-state index contributed by atoms with van der Waals surface area (Å²) < 4.78 is 30.1. The zero-order valence-electron chi connectivity index (χ0n) is 18.2. The number of benzene rings is 2. The van der Waals surface area contributed by atoms with E-state index in [4.69, 9.17) is 14.0 Å². The SMILES string of the molecule is CCC(C)c1ccc(S(=O)(=O)OCCc2ccccc2C(=O)OOC(C)(C)C)cc1. The average Bonchev–Trinajstić information content (AvgIpc) is 2.71. The molecule has 164 valence electrons. The van der Waals surface area contributed by atoms with Crippen molar-refractivity contribution in [1.82, 2.24) is 0 Å². The lowest BCUT2D eigenvalue weighted by Gasteiger charge is -2.17. The number of carbonyl (C=O) groups is 1. The molecule has 1 unspecified atom stereocenters. The van der Waals surface area contributed by atoms with Gasteiger partial charge in [0.2, 0.25) is 0 Å². The van der Waals surface area contributed by atoms with E-state index in [1.165, 1.54) is 0 Å². The first kappa shape index (κ1) is 24.1. The molecule has 7 heteroatoms. The van der Waals surface area contributed by atoms with Gasteiger partial charge in [-0.2, -0.15) is 13.3 Å². The maximum Gasteiger partial charge on any atom is 0.373 e. The third-order valence-electron chi connectivity index (χ3n) is 4.56. The van der Waals surface area contributed by atoms with Crippen molar-refractivity contribution in [2.75, 3.05) is 6.61 Å². The van der Waals surface area contributed by atoms with Gasteiger partial charge in [0, 0.05) is 0 Å². The van der Waals surface area contributed by atoms with E-state index in [0.717, 1.165) is 12.0 Å². The van der Waals surface area contributed by atoms with Crippen molar-refractivity contribution in [1.29, 1.82) is 0 Å². The summed E-state index contributed by atoms with van der Waals surface area (Å²) in [7, 11) is -3.88. The molecule has 0 radical (unpaired) electrons. The third kappa shape index (κ3) is 6.93. The predicted octanol–water partition coefficient (Wildman–Crippen LogP) is 5.04. The minimum absolute atomic E-state index is 0.0974. The van der Waals surface area contributed by atoms with Gasteiger partial charge in [0.15, 0.2) is 0 Å². The molecule has 0 saturated carbocycles. The second kappa shape index (κ2) is 10.2. The number of hydrogen-bond acceptors (Lipinski definition) is 6. The minimum atomic E-state index is -3.88. The Morgan fingerprint density at radius 1 is 1.03 bits per heavy atom. The molecule has 6 nitrogen and oxygen atoms in total. The molecule has 0 N–H and O–H groups in total. The summed E-state index contributed by atoms with van der Waals surface area (Å²) in [5.74, 6) is -0.273. The van der Waals surface area contributed by atoms with Crippen molar-refractivity contribution < 1.29 is 27.2 Å². The highest BCUT2D eigenvalue weighted by molar-refractivity contribution is 7.86. The van der Waals surface area contributed by atoms with Crippen molar-refractivity contribution >= 4 is 16.1 Å². The van der Waals surface area contributed by atoms with Gasteiger partial charge in [-0.05, 0) is 68.9 Å². The Bertz CT molecular complexity index is 942. The number of carbonyl (C=O) groups excluding carboxylic acids is 1. The molecule has 0 spiro atoms. The van der Waals surface area contributed by atoms with Crippen LogP contribution < -0.4 is 0 Å².